The second-order valence-electron chi connectivity index (χ2n) is 14.5. The standard InChI is InChI=1S/C19H27ClN2O5.C18H24ClNO4/c1-19(2,3)27-18(24)22-11-16(17(23)21(4)25-5)26-12-15(22)10-13-6-8-14(20)9-7-13;1-12(21)16-10-20(17(22)24-18(2,3)4)15(11-23-16)9-13-5-7-14(19)8-6-13/h6-9,15-16H,10-12H2,1-5H3;5-8,15-16H,9-11H2,1-4H3/t2*15-,16+/m00/s1. The van der Waals surface area contributed by atoms with E-state index in [1.807, 2.05) is 57.2 Å². The highest BCUT2D eigenvalue weighted by Gasteiger charge is 2.39. The zero-order valence-corrected chi connectivity index (χ0v) is 32.5. The van der Waals surface area contributed by atoms with Crippen LogP contribution in [0.25, 0.3) is 0 Å². The predicted molar refractivity (Wildman–Crippen MR) is 194 cm³/mol. The van der Waals surface area contributed by atoms with Crippen molar-refractivity contribution in [1.29, 1.82) is 0 Å². The molecular formula is C37H51Cl2N3O9. The van der Waals surface area contributed by atoms with E-state index in [0.29, 0.717) is 29.5 Å². The van der Waals surface area contributed by atoms with Crippen LogP contribution in [0.2, 0.25) is 10.0 Å². The topological polar surface area (TPSA) is 124 Å². The van der Waals surface area contributed by atoms with Crippen molar-refractivity contribution in [1.82, 2.24) is 14.9 Å². The van der Waals surface area contributed by atoms with E-state index < -0.39 is 35.6 Å². The van der Waals surface area contributed by atoms with Crippen LogP contribution < -0.4 is 0 Å². The summed E-state index contributed by atoms with van der Waals surface area (Å²) in [6.45, 7) is 13.2. The van der Waals surface area contributed by atoms with Gasteiger partial charge in [-0.2, -0.15) is 0 Å². The number of hydrogen-bond acceptors (Lipinski definition) is 9. The summed E-state index contributed by atoms with van der Waals surface area (Å²) in [5.74, 6) is -0.440. The number of ketones is 1. The number of carbonyl (C=O) groups is 4. The Morgan fingerprint density at radius 1 is 0.725 bits per heavy atom. The number of hydrogen-bond donors (Lipinski definition) is 0. The SMILES string of the molecule is CC(=O)[C@H]1CN(C(=O)OC(C)(C)C)[C@@H](Cc2ccc(Cl)cc2)CO1.CON(C)C(=O)[C@H]1CN(C(=O)OC(C)(C)C)[C@@H](Cc2ccc(Cl)cc2)CO1. The molecule has 0 bridgehead atoms. The first-order chi connectivity index (χ1) is 23.8. The molecule has 2 aromatic rings. The number of benzene rings is 2. The molecule has 0 aliphatic carbocycles. The van der Waals surface area contributed by atoms with Gasteiger partial charge in [0.2, 0.25) is 0 Å². The smallest absolute Gasteiger partial charge is 0.410 e. The summed E-state index contributed by atoms with van der Waals surface area (Å²) in [5, 5.41) is 2.41. The van der Waals surface area contributed by atoms with Crippen molar-refractivity contribution in [3.63, 3.8) is 0 Å². The third-order valence-corrected chi connectivity index (χ3v) is 8.43. The van der Waals surface area contributed by atoms with Crippen LogP contribution in [0.5, 0.6) is 0 Å². The fraction of sp³-hybridized carbons (Fsp3) is 0.568. The maximum atomic E-state index is 12.7. The van der Waals surface area contributed by atoms with Gasteiger partial charge < -0.3 is 18.9 Å². The van der Waals surface area contributed by atoms with Gasteiger partial charge in [0.1, 0.15) is 17.3 Å². The molecule has 4 atom stereocenters. The number of morpholine rings is 2. The molecule has 0 aromatic heterocycles. The van der Waals surface area contributed by atoms with Crippen LogP contribution in [0.4, 0.5) is 9.59 Å². The molecule has 2 heterocycles. The highest BCUT2D eigenvalue weighted by Crippen LogP contribution is 2.23. The van der Waals surface area contributed by atoms with Gasteiger partial charge in [-0.1, -0.05) is 47.5 Å². The van der Waals surface area contributed by atoms with Crippen molar-refractivity contribution >= 4 is 47.1 Å². The summed E-state index contributed by atoms with van der Waals surface area (Å²) < 4.78 is 22.4. The number of hydroxylamine groups is 2. The Morgan fingerprint density at radius 2 is 1.10 bits per heavy atom. The van der Waals surface area contributed by atoms with Gasteiger partial charge in [-0.15, -0.1) is 0 Å². The van der Waals surface area contributed by atoms with Crippen molar-refractivity contribution in [2.24, 2.45) is 0 Å². The fourth-order valence-corrected chi connectivity index (χ4v) is 5.55. The van der Waals surface area contributed by atoms with Crippen LogP contribution in [-0.4, -0.2) is 115 Å². The summed E-state index contributed by atoms with van der Waals surface area (Å²) in [5.41, 5.74) is 0.831. The van der Waals surface area contributed by atoms with E-state index in [1.54, 1.807) is 42.7 Å². The van der Waals surface area contributed by atoms with Gasteiger partial charge in [0.05, 0.1) is 45.5 Å². The Labute approximate surface area is 311 Å². The highest BCUT2D eigenvalue weighted by atomic mass is 35.5. The molecule has 0 unspecified atom stereocenters. The van der Waals surface area contributed by atoms with E-state index in [0.717, 1.165) is 16.2 Å². The van der Waals surface area contributed by atoms with Crippen LogP contribution in [0.15, 0.2) is 48.5 Å². The summed E-state index contributed by atoms with van der Waals surface area (Å²) in [6, 6.07) is 14.5. The molecule has 0 spiro atoms. The van der Waals surface area contributed by atoms with Gasteiger partial charge >= 0.3 is 12.2 Å². The maximum Gasteiger partial charge on any atom is 0.410 e. The number of ether oxygens (including phenoxy) is 4. The monoisotopic (exact) mass is 751 g/mol. The molecule has 3 amide bonds. The highest BCUT2D eigenvalue weighted by molar-refractivity contribution is 6.30. The molecule has 0 saturated carbocycles. The minimum absolute atomic E-state index is 0.0894. The molecule has 51 heavy (non-hydrogen) atoms. The van der Waals surface area contributed by atoms with E-state index >= 15 is 0 Å². The molecule has 14 heteroatoms. The van der Waals surface area contributed by atoms with Crippen LogP contribution >= 0.6 is 23.2 Å². The summed E-state index contributed by atoms with van der Waals surface area (Å²) in [4.78, 5) is 57.4. The predicted octanol–water partition coefficient (Wildman–Crippen LogP) is 6.38. The molecule has 0 radical (unpaired) electrons. The van der Waals surface area contributed by atoms with Crippen LogP contribution in [0.3, 0.4) is 0 Å². The first-order valence-corrected chi connectivity index (χ1v) is 17.6. The van der Waals surface area contributed by atoms with Crippen LogP contribution in [0, 0.1) is 0 Å². The molecule has 2 saturated heterocycles. The van der Waals surface area contributed by atoms with E-state index in [-0.39, 0.29) is 43.5 Å². The lowest BCUT2D eigenvalue weighted by atomic mass is 10.0. The van der Waals surface area contributed by atoms with Crippen molar-refractivity contribution in [3.8, 4) is 0 Å². The van der Waals surface area contributed by atoms with Crippen molar-refractivity contribution in [2.75, 3.05) is 40.5 Å². The van der Waals surface area contributed by atoms with Crippen LogP contribution in [-0.2, 0) is 46.2 Å². The minimum atomic E-state index is -0.802. The Morgan fingerprint density at radius 3 is 1.45 bits per heavy atom. The van der Waals surface area contributed by atoms with E-state index in [1.165, 1.54) is 21.1 Å². The van der Waals surface area contributed by atoms with E-state index in [4.69, 9.17) is 47.0 Å². The molecule has 2 aromatic carbocycles. The number of rotatable bonds is 7. The molecular weight excluding hydrogens is 701 g/mol. The molecule has 12 nitrogen and oxygen atoms in total. The average Bonchev–Trinajstić information content (AvgIpc) is 3.05. The van der Waals surface area contributed by atoms with Gasteiger partial charge in [0, 0.05) is 17.1 Å². The van der Waals surface area contributed by atoms with Crippen molar-refractivity contribution in [2.45, 2.75) is 96.8 Å². The number of nitrogens with zero attached hydrogens (tertiary/aromatic N) is 3. The number of amides is 3. The number of halogens is 2. The van der Waals surface area contributed by atoms with Crippen LogP contribution in [0.1, 0.15) is 59.6 Å². The zero-order chi connectivity index (χ0) is 38.1. The Hall–Kier alpha value is -3.42. The summed E-state index contributed by atoms with van der Waals surface area (Å²) in [6.07, 6.45) is -1.11. The molecule has 2 aliphatic rings. The Balaban J connectivity index is 0.000000277. The normalized spacial score (nSPS) is 20.8. The summed E-state index contributed by atoms with van der Waals surface area (Å²) >= 11 is 11.9. The summed E-state index contributed by atoms with van der Waals surface area (Å²) in [7, 11) is 2.90. The lowest BCUT2D eigenvalue weighted by Gasteiger charge is -2.40. The third-order valence-electron chi connectivity index (χ3n) is 7.92. The molecule has 0 N–H and O–H groups in total. The zero-order valence-electron chi connectivity index (χ0n) is 30.9. The second-order valence-corrected chi connectivity index (χ2v) is 15.4. The van der Waals surface area contributed by atoms with Gasteiger partial charge in [-0.25, -0.2) is 14.7 Å². The first kappa shape index (κ1) is 42.0. The lowest BCUT2D eigenvalue weighted by Crippen LogP contribution is -2.57. The molecule has 2 aliphatic heterocycles. The average molecular weight is 753 g/mol. The fourth-order valence-electron chi connectivity index (χ4n) is 5.29. The molecule has 4 rings (SSSR count). The van der Waals surface area contributed by atoms with E-state index in [2.05, 4.69) is 0 Å². The third kappa shape index (κ3) is 13.6. The van der Waals surface area contributed by atoms with Gasteiger partial charge in [0.15, 0.2) is 11.9 Å². The minimum Gasteiger partial charge on any atom is -0.444 e. The lowest BCUT2D eigenvalue weighted by molar-refractivity contribution is -0.187. The van der Waals surface area contributed by atoms with E-state index in [9.17, 15) is 19.2 Å². The Bertz CT molecular complexity index is 1480. The van der Waals surface area contributed by atoms with Gasteiger partial charge in [-0.05, 0) is 96.7 Å². The largest absolute Gasteiger partial charge is 0.444 e. The Kier molecular flexibility index (Phi) is 15.1. The number of likely N-dealkylation sites (N-methyl/N-ethyl adjacent to an activating group) is 1. The molecule has 2 fully saturated rings. The van der Waals surface area contributed by atoms with Gasteiger partial charge in [-0.3, -0.25) is 24.2 Å². The van der Waals surface area contributed by atoms with Crippen molar-refractivity contribution < 1.29 is 43.0 Å². The van der Waals surface area contributed by atoms with Gasteiger partial charge in [0.25, 0.3) is 5.91 Å². The maximum absolute atomic E-state index is 12.7. The van der Waals surface area contributed by atoms with Crippen molar-refractivity contribution in [3.05, 3.63) is 69.7 Å². The first-order valence-electron chi connectivity index (χ1n) is 16.8. The molecule has 282 valence electrons. The quantitative estimate of drug-likeness (QED) is 0.297. The second kappa shape index (κ2) is 18.4. The number of carbonyl (C=O) groups excluding carboxylic acids is 4. The number of Topliss-reactive ketones (excluding diaryl/α,β-unsaturated/α-hetero) is 1.